The van der Waals surface area contributed by atoms with Crippen molar-refractivity contribution in [3.8, 4) is 0 Å². The van der Waals surface area contributed by atoms with Gasteiger partial charge in [0.1, 0.15) is 24.2 Å². The number of nitrogens with two attached hydrogens (primary N) is 1. The van der Waals surface area contributed by atoms with E-state index in [9.17, 15) is 28.8 Å². The molecule has 2 heterocycles. The van der Waals surface area contributed by atoms with Gasteiger partial charge in [-0.3, -0.25) is 28.8 Å². The van der Waals surface area contributed by atoms with Gasteiger partial charge in [-0.15, -0.1) is 0 Å². The first-order valence-electron chi connectivity index (χ1n) is 20.8. The van der Waals surface area contributed by atoms with E-state index in [-0.39, 0.29) is 49.5 Å². The summed E-state index contributed by atoms with van der Waals surface area (Å²) < 4.78 is 0. The molecule has 1 aromatic carbocycles. The first-order valence-corrected chi connectivity index (χ1v) is 20.8. The fraction of sp³-hybridized carbons (Fsp3) is 0.581. The smallest absolute Gasteiger partial charge is 0.243 e. The van der Waals surface area contributed by atoms with Crippen LogP contribution < -0.4 is 37.6 Å². The van der Waals surface area contributed by atoms with Crippen LogP contribution in [0.4, 0.5) is 0 Å². The van der Waals surface area contributed by atoms with Gasteiger partial charge in [-0.05, 0) is 29.7 Å². The van der Waals surface area contributed by atoms with Gasteiger partial charge in [-0.25, -0.2) is 9.97 Å². The van der Waals surface area contributed by atoms with Crippen LogP contribution >= 0.6 is 0 Å². The molecular weight excluding hydrogens is 767 g/mol. The second-order valence-electron chi connectivity index (χ2n) is 17.4. The summed E-state index contributed by atoms with van der Waals surface area (Å²) in [5.41, 5.74) is 6.93. The lowest BCUT2D eigenvalue weighted by atomic mass is 9.94. The third-order valence-corrected chi connectivity index (χ3v) is 10.3. The maximum atomic E-state index is 14.2. The molecule has 2 aromatic heterocycles. The molecule has 6 amide bonds. The van der Waals surface area contributed by atoms with Gasteiger partial charge in [-0.2, -0.15) is 0 Å². The number of primary amides is 1. The van der Waals surface area contributed by atoms with Crippen LogP contribution in [0.1, 0.15) is 92.1 Å². The Morgan fingerprint density at radius 2 is 1.22 bits per heavy atom. The van der Waals surface area contributed by atoms with Gasteiger partial charge in [0.05, 0.1) is 18.7 Å². The number of H-pyrrole nitrogens is 2. The second-order valence-corrected chi connectivity index (χ2v) is 17.4. The van der Waals surface area contributed by atoms with E-state index in [1.807, 2.05) is 71.9 Å². The molecule has 0 unspecified atom stereocenters. The normalized spacial score (nSPS) is 15.2. The van der Waals surface area contributed by atoms with Crippen LogP contribution in [0.25, 0.3) is 0 Å². The predicted molar refractivity (Wildman–Crippen MR) is 229 cm³/mol. The average molecular weight is 834 g/mol. The number of rotatable bonds is 24. The molecule has 3 rings (SSSR count). The minimum Gasteiger partial charge on any atom is -0.368 e. The summed E-state index contributed by atoms with van der Waals surface area (Å²) in [5.74, 6) is -3.33. The Morgan fingerprint density at radius 3 is 1.72 bits per heavy atom. The van der Waals surface area contributed by atoms with Crippen LogP contribution in [0.3, 0.4) is 0 Å². The molecule has 17 nitrogen and oxygen atoms in total. The SMILES string of the molecule is CC[C@H](C)[C@H](NC(=O)[C@@H](NC[C@H](CC(C)C)NC(=O)[C@H](Cc1cnc[nH]1)NC(=O)[C@H](Cc1ccccc1)NC(=O)C(C)(C)C)C(C)C)C(=O)N[C@@H](Cc1cnc[nH]1)C(N)=O. The zero-order valence-electron chi connectivity index (χ0n) is 36.6. The van der Waals surface area contributed by atoms with Gasteiger partial charge in [0, 0.05) is 61.0 Å². The standard InChI is InChI=1S/C43H67N11O6/c1-10-27(6)36(41(59)51-32(37(44)55)18-29-20-45-23-48-29)54-40(58)35(26(4)5)47-22-31(16-25(2)3)50-38(56)34(19-30-21-46-24-49-30)52-39(57)33(53-42(60)43(7,8)9)17-28-14-12-11-13-15-28/h11-15,20-21,23-27,31-36,47H,10,16-19,22H2,1-9H3,(H2,44,55)(H,45,48)(H,46,49)(H,50,56)(H,51,59)(H,52,57)(H,53,60)(H,54,58)/t27-,31-,32-,33-,34-,35-,36-/m0/s1. The number of nitrogens with zero attached hydrogens (tertiary/aromatic N) is 2. The number of amides is 6. The average Bonchev–Trinajstić information content (AvgIpc) is 3.90. The number of hydrogen-bond acceptors (Lipinski definition) is 9. The van der Waals surface area contributed by atoms with Crippen LogP contribution in [0, 0.1) is 23.2 Å². The van der Waals surface area contributed by atoms with Crippen LogP contribution in [-0.4, -0.2) is 98.2 Å². The number of benzene rings is 1. The summed E-state index contributed by atoms with van der Waals surface area (Å²) in [6, 6.07) is 4.08. The molecule has 0 spiro atoms. The van der Waals surface area contributed by atoms with Crippen molar-refractivity contribution in [3.63, 3.8) is 0 Å². The molecule has 0 saturated carbocycles. The summed E-state index contributed by atoms with van der Waals surface area (Å²) >= 11 is 0. The van der Waals surface area contributed by atoms with E-state index in [1.165, 1.54) is 18.9 Å². The van der Waals surface area contributed by atoms with Crippen LogP contribution in [-0.2, 0) is 48.0 Å². The number of hydrogen-bond donors (Lipinski definition) is 9. The summed E-state index contributed by atoms with van der Waals surface area (Å²) in [4.78, 5) is 95.1. The fourth-order valence-electron chi connectivity index (χ4n) is 6.54. The maximum Gasteiger partial charge on any atom is 0.243 e. The number of nitrogens with one attached hydrogen (secondary N) is 8. The molecule has 17 heteroatoms. The molecule has 0 fully saturated rings. The Hall–Kier alpha value is -5.58. The number of aromatic nitrogens is 4. The summed E-state index contributed by atoms with van der Waals surface area (Å²) in [7, 11) is 0. The Labute approximate surface area is 353 Å². The molecule has 0 aliphatic carbocycles. The van der Waals surface area contributed by atoms with Crippen molar-refractivity contribution >= 4 is 35.4 Å². The van der Waals surface area contributed by atoms with Crippen LogP contribution in [0.2, 0.25) is 0 Å². The lowest BCUT2D eigenvalue weighted by Gasteiger charge is -2.31. The molecule has 0 aliphatic heterocycles. The van der Waals surface area contributed by atoms with E-state index in [0.29, 0.717) is 24.2 Å². The number of imidazole rings is 2. The zero-order valence-corrected chi connectivity index (χ0v) is 36.6. The van der Waals surface area contributed by atoms with E-state index in [4.69, 9.17) is 5.73 Å². The van der Waals surface area contributed by atoms with Crippen LogP contribution in [0.5, 0.6) is 0 Å². The maximum absolute atomic E-state index is 14.2. The molecule has 330 valence electrons. The minimum absolute atomic E-state index is 0.0965. The first-order chi connectivity index (χ1) is 28.3. The topological polar surface area (TPSA) is 258 Å². The largest absolute Gasteiger partial charge is 0.368 e. The lowest BCUT2D eigenvalue weighted by molar-refractivity contribution is -0.135. The van der Waals surface area contributed by atoms with Crippen molar-refractivity contribution in [2.75, 3.05) is 6.54 Å². The van der Waals surface area contributed by atoms with Crippen molar-refractivity contribution in [3.05, 3.63) is 72.3 Å². The third-order valence-electron chi connectivity index (χ3n) is 10.3. The highest BCUT2D eigenvalue weighted by atomic mass is 16.2. The second kappa shape index (κ2) is 23.3. The molecule has 0 aliphatic rings. The molecule has 60 heavy (non-hydrogen) atoms. The summed E-state index contributed by atoms with van der Waals surface area (Å²) in [5, 5.41) is 17.8. The highest BCUT2D eigenvalue weighted by molar-refractivity contribution is 5.94. The summed E-state index contributed by atoms with van der Waals surface area (Å²) in [6.45, 7) is 17.0. The van der Waals surface area contributed by atoms with Crippen molar-refractivity contribution in [2.24, 2.45) is 28.9 Å². The Morgan fingerprint density at radius 1 is 0.683 bits per heavy atom. The van der Waals surface area contributed by atoms with E-state index in [1.54, 1.807) is 27.0 Å². The van der Waals surface area contributed by atoms with Crippen molar-refractivity contribution in [1.29, 1.82) is 0 Å². The number of carbonyl (C=O) groups excluding carboxylic acids is 6. The monoisotopic (exact) mass is 834 g/mol. The van der Waals surface area contributed by atoms with Gasteiger partial charge in [-0.1, -0.05) is 99.1 Å². The van der Waals surface area contributed by atoms with Gasteiger partial charge in [0.15, 0.2) is 0 Å². The van der Waals surface area contributed by atoms with E-state index in [0.717, 1.165) is 5.56 Å². The zero-order chi connectivity index (χ0) is 44.6. The Bertz CT molecular complexity index is 1810. The van der Waals surface area contributed by atoms with Gasteiger partial charge in [0.2, 0.25) is 35.4 Å². The van der Waals surface area contributed by atoms with Crippen LogP contribution in [0.15, 0.2) is 55.4 Å². The quantitative estimate of drug-likeness (QED) is 0.0637. The molecular formula is C43H67N11O6. The van der Waals surface area contributed by atoms with E-state index < -0.39 is 71.2 Å². The highest BCUT2D eigenvalue weighted by Gasteiger charge is 2.34. The predicted octanol–water partition coefficient (Wildman–Crippen LogP) is 1.82. The van der Waals surface area contributed by atoms with E-state index >= 15 is 0 Å². The van der Waals surface area contributed by atoms with Crippen molar-refractivity contribution < 1.29 is 28.8 Å². The lowest BCUT2D eigenvalue weighted by Crippen LogP contribution is -2.60. The number of aromatic amines is 2. The Balaban J connectivity index is 1.79. The van der Waals surface area contributed by atoms with E-state index in [2.05, 4.69) is 51.8 Å². The van der Waals surface area contributed by atoms with Gasteiger partial charge >= 0.3 is 0 Å². The molecule has 10 N–H and O–H groups in total. The molecule has 0 saturated heterocycles. The van der Waals surface area contributed by atoms with Crippen molar-refractivity contribution in [1.82, 2.24) is 51.8 Å². The van der Waals surface area contributed by atoms with Gasteiger partial charge < -0.3 is 47.6 Å². The molecule has 0 bridgehead atoms. The fourth-order valence-corrected chi connectivity index (χ4v) is 6.54. The number of carbonyl (C=O) groups is 6. The third kappa shape index (κ3) is 15.9. The molecule has 3 aromatic rings. The van der Waals surface area contributed by atoms with Gasteiger partial charge in [0.25, 0.3) is 0 Å². The molecule has 7 atom stereocenters. The first kappa shape index (κ1) is 48.8. The minimum atomic E-state index is -1.05. The Kier molecular flexibility index (Phi) is 18.9. The van der Waals surface area contributed by atoms with Crippen molar-refractivity contribution in [2.45, 2.75) is 131 Å². The molecule has 0 radical (unpaired) electrons. The summed E-state index contributed by atoms with van der Waals surface area (Å²) in [6.07, 6.45) is 7.59. The highest BCUT2D eigenvalue weighted by Crippen LogP contribution is 2.16.